The molecule has 0 heterocycles. The van der Waals surface area contributed by atoms with Gasteiger partial charge in [0.2, 0.25) is 0 Å². The van der Waals surface area contributed by atoms with Crippen LogP contribution < -0.4 is 14.8 Å². The summed E-state index contributed by atoms with van der Waals surface area (Å²) in [4.78, 5) is 15.1. The standard InChI is InChI=1S/C26H28N2O4/c1-31-24-13-14-25(32-2)21-16-23(29)22(15-20(21)24)28(17-18-9-5-3-6-10-18)26(30)27-19-11-7-4-8-12-19/h3-14,22-23,29H,15-17H2,1-2H3,(H,27,30). The van der Waals surface area contributed by atoms with Gasteiger partial charge in [-0.1, -0.05) is 48.5 Å². The number of rotatable bonds is 6. The molecule has 0 fully saturated rings. The molecule has 3 aromatic rings. The largest absolute Gasteiger partial charge is 0.496 e. The Labute approximate surface area is 188 Å². The van der Waals surface area contributed by atoms with E-state index in [-0.39, 0.29) is 6.03 Å². The van der Waals surface area contributed by atoms with Crippen molar-refractivity contribution in [3.05, 3.63) is 89.5 Å². The molecule has 2 N–H and O–H groups in total. The molecular formula is C26H28N2O4. The van der Waals surface area contributed by atoms with Crippen LogP contribution >= 0.6 is 0 Å². The van der Waals surface area contributed by atoms with E-state index in [0.717, 1.165) is 28.2 Å². The van der Waals surface area contributed by atoms with E-state index in [2.05, 4.69) is 5.32 Å². The number of ether oxygens (including phenoxy) is 2. The lowest BCUT2D eigenvalue weighted by Crippen LogP contribution is -2.52. The predicted octanol–water partition coefficient (Wildman–Crippen LogP) is 4.27. The molecule has 0 spiro atoms. The Morgan fingerprint density at radius 3 is 2.06 bits per heavy atom. The third kappa shape index (κ3) is 4.55. The summed E-state index contributed by atoms with van der Waals surface area (Å²) < 4.78 is 11.1. The average Bonchev–Trinajstić information content (AvgIpc) is 2.83. The van der Waals surface area contributed by atoms with Crippen LogP contribution in [0.4, 0.5) is 10.5 Å². The van der Waals surface area contributed by atoms with E-state index in [0.29, 0.717) is 25.1 Å². The number of aliphatic hydroxyl groups excluding tert-OH is 1. The van der Waals surface area contributed by atoms with Crippen molar-refractivity contribution < 1.29 is 19.4 Å². The number of hydrogen-bond acceptors (Lipinski definition) is 4. The molecule has 32 heavy (non-hydrogen) atoms. The number of carbonyl (C=O) groups is 1. The molecule has 4 rings (SSSR count). The third-order valence-electron chi connectivity index (χ3n) is 5.94. The van der Waals surface area contributed by atoms with Gasteiger partial charge in [-0.25, -0.2) is 4.79 Å². The molecule has 0 radical (unpaired) electrons. The zero-order valence-electron chi connectivity index (χ0n) is 18.3. The van der Waals surface area contributed by atoms with Crippen molar-refractivity contribution in [1.82, 2.24) is 4.90 Å². The minimum absolute atomic E-state index is 0.255. The minimum Gasteiger partial charge on any atom is -0.496 e. The Kier molecular flexibility index (Phi) is 6.61. The third-order valence-corrected chi connectivity index (χ3v) is 5.94. The number of fused-ring (bicyclic) bond motifs is 1. The summed E-state index contributed by atoms with van der Waals surface area (Å²) in [6.45, 7) is 0.378. The van der Waals surface area contributed by atoms with Crippen LogP contribution in [0.2, 0.25) is 0 Å². The minimum atomic E-state index is -0.742. The van der Waals surface area contributed by atoms with E-state index in [1.54, 1.807) is 19.1 Å². The Balaban J connectivity index is 1.68. The molecule has 6 nitrogen and oxygen atoms in total. The Hall–Kier alpha value is -3.51. The van der Waals surface area contributed by atoms with Crippen LogP contribution in [0.5, 0.6) is 11.5 Å². The van der Waals surface area contributed by atoms with E-state index in [4.69, 9.17) is 9.47 Å². The first-order valence-corrected chi connectivity index (χ1v) is 10.7. The number of carbonyl (C=O) groups excluding carboxylic acids is 1. The zero-order valence-corrected chi connectivity index (χ0v) is 18.3. The van der Waals surface area contributed by atoms with Gasteiger partial charge in [0.1, 0.15) is 11.5 Å². The fourth-order valence-electron chi connectivity index (χ4n) is 4.32. The van der Waals surface area contributed by atoms with Crippen LogP contribution in [-0.4, -0.2) is 42.4 Å². The van der Waals surface area contributed by atoms with Crippen molar-refractivity contribution in [2.75, 3.05) is 19.5 Å². The molecule has 6 heteroatoms. The molecule has 2 unspecified atom stereocenters. The highest BCUT2D eigenvalue weighted by Crippen LogP contribution is 2.38. The molecule has 2 amide bonds. The lowest BCUT2D eigenvalue weighted by Gasteiger charge is -2.39. The van der Waals surface area contributed by atoms with Gasteiger partial charge in [-0.2, -0.15) is 0 Å². The average molecular weight is 433 g/mol. The van der Waals surface area contributed by atoms with E-state index in [1.807, 2.05) is 72.8 Å². The smallest absolute Gasteiger partial charge is 0.322 e. The van der Waals surface area contributed by atoms with Crippen molar-refractivity contribution in [2.24, 2.45) is 0 Å². The number of hydrogen-bond donors (Lipinski definition) is 2. The molecular weight excluding hydrogens is 404 g/mol. The number of benzene rings is 3. The second kappa shape index (κ2) is 9.75. The summed E-state index contributed by atoms with van der Waals surface area (Å²) in [6, 6.07) is 22.2. The Morgan fingerprint density at radius 2 is 1.47 bits per heavy atom. The second-order valence-electron chi connectivity index (χ2n) is 7.88. The van der Waals surface area contributed by atoms with Crippen LogP contribution in [0.15, 0.2) is 72.8 Å². The highest BCUT2D eigenvalue weighted by Gasteiger charge is 2.37. The molecule has 3 aromatic carbocycles. The van der Waals surface area contributed by atoms with E-state index < -0.39 is 12.1 Å². The highest BCUT2D eigenvalue weighted by molar-refractivity contribution is 5.89. The van der Waals surface area contributed by atoms with Gasteiger partial charge < -0.3 is 24.8 Å². The number of aliphatic hydroxyl groups is 1. The fraction of sp³-hybridized carbons (Fsp3) is 0.269. The number of methoxy groups -OCH3 is 2. The van der Waals surface area contributed by atoms with Gasteiger partial charge in [0.15, 0.2) is 0 Å². The topological polar surface area (TPSA) is 71.0 Å². The maximum Gasteiger partial charge on any atom is 0.322 e. The molecule has 1 aliphatic carbocycles. The van der Waals surface area contributed by atoms with Crippen molar-refractivity contribution in [3.8, 4) is 11.5 Å². The monoisotopic (exact) mass is 432 g/mol. The quantitative estimate of drug-likeness (QED) is 0.610. The lowest BCUT2D eigenvalue weighted by molar-refractivity contribution is 0.0586. The summed E-state index contributed by atoms with van der Waals surface area (Å²) in [7, 11) is 3.25. The number of nitrogens with zero attached hydrogens (tertiary/aromatic N) is 1. The summed E-state index contributed by atoms with van der Waals surface area (Å²) in [5, 5.41) is 14.1. The van der Waals surface area contributed by atoms with Crippen LogP contribution in [0.3, 0.4) is 0 Å². The van der Waals surface area contributed by atoms with Gasteiger partial charge in [-0.05, 0) is 36.2 Å². The molecule has 0 aliphatic heterocycles. The maximum absolute atomic E-state index is 13.4. The van der Waals surface area contributed by atoms with Gasteiger partial charge in [0.25, 0.3) is 0 Å². The summed E-state index contributed by atoms with van der Waals surface area (Å²) in [5.74, 6) is 1.46. The summed E-state index contributed by atoms with van der Waals surface area (Å²) in [5.41, 5.74) is 3.60. The first kappa shape index (κ1) is 21.7. The molecule has 0 aromatic heterocycles. The van der Waals surface area contributed by atoms with Gasteiger partial charge in [0.05, 0.1) is 26.4 Å². The zero-order chi connectivity index (χ0) is 22.5. The molecule has 166 valence electrons. The van der Waals surface area contributed by atoms with Crippen molar-refractivity contribution in [2.45, 2.75) is 31.5 Å². The summed E-state index contributed by atoms with van der Waals surface area (Å²) in [6.07, 6.45) is 0.102. The first-order chi connectivity index (χ1) is 15.6. The van der Waals surface area contributed by atoms with Crippen LogP contribution in [0.25, 0.3) is 0 Å². The molecule has 2 atom stereocenters. The number of amides is 2. The van der Waals surface area contributed by atoms with Crippen LogP contribution in [-0.2, 0) is 19.4 Å². The first-order valence-electron chi connectivity index (χ1n) is 10.7. The van der Waals surface area contributed by atoms with Crippen LogP contribution in [0.1, 0.15) is 16.7 Å². The number of nitrogens with one attached hydrogen (secondary N) is 1. The summed E-state index contributed by atoms with van der Waals surface area (Å²) >= 11 is 0. The normalized spacial score (nSPS) is 17.2. The molecule has 1 aliphatic rings. The highest BCUT2D eigenvalue weighted by atomic mass is 16.5. The van der Waals surface area contributed by atoms with Gasteiger partial charge in [-0.3, -0.25) is 0 Å². The number of anilines is 1. The van der Waals surface area contributed by atoms with E-state index >= 15 is 0 Å². The van der Waals surface area contributed by atoms with Gasteiger partial charge >= 0.3 is 6.03 Å². The maximum atomic E-state index is 13.4. The van der Waals surface area contributed by atoms with Crippen molar-refractivity contribution in [1.29, 1.82) is 0 Å². The van der Waals surface area contributed by atoms with Crippen molar-refractivity contribution in [3.63, 3.8) is 0 Å². The molecule has 0 saturated heterocycles. The lowest BCUT2D eigenvalue weighted by atomic mass is 9.84. The SMILES string of the molecule is COc1ccc(OC)c2c1CC(O)C(N(Cc1ccccc1)C(=O)Nc1ccccc1)C2. The Morgan fingerprint density at radius 1 is 0.906 bits per heavy atom. The van der Waals surface area contributed by atoms with Gasteiger partial charge in [0, 0.05) is 29.8 Å². The predicted molar refractivity (Wildman–Crippen MR) is 124 cm³/mol. The van der Waals surface area contributed by atoms with E-state index in [1.165, 1.54) is 0 Å². The fourth-order valence-corrected chi connectivity index (χ4v) is 4.32. The van der Waals surface area contributed by atoms with Crippen LogP contribution in [0, 0.1) is 0 Å². The Bertz CT molecular complexity index is 1060. The molecule has 0 saturated carbocycles. The van der Waals surface area contributed by atoms with Gasteiger partial charge in [-0.15, -0.1) is 0 Å². The van der Waals surface area contributed by atoms with E-state index in [9.17, 15) is 9.90 Å². The number of urea groups is 1. The second-order valence-corrected chi connectivity index (χ2v) is 7.88. The number of para-hydroxylation sites is 1. The van der Waals surface area contributed by atoms with Crippen molar-refractivity contribution >= 4 is 11.7 Å². The molecule has 0 bridgehead atoms.